The minimum atomic E-state index is -4.58. The van der Waals surface area contributed by atoms with Crippen LogP contribution in [0.5, 0.6) is 6.01 Å². The van der Waals surface area contributed by atoms with E-state index in [1.807, 2.05) is 12.1 Å². The monoisotopic (exact) mass is 577 g/mol. The molecule has 1 fully saturated rings. The fraction of sp³-hybridized carbons (Fsp3) is 0.346. The van der Waals surface area contributed by atoms with E-state index in [1.54, 1.807) is 43.4 Å². The van der Waals surface area contributed by atoms with Gasteiger partial charge in [0.1, 0.15) is 0 Å². The number of carbonyl (C=O) groups is 2. The van der Waals surface area contributed by atoms with Crippen molar-refractivity contribution in [1.82, 2.24) is 25.6 Å². The second-order valence-electron chi connectivity index (χ2n) is 9.12. The molecule has 40 heavy (non-hydrogen) atoms. The van der Waals surface area contributed by atoms with E-state index in [0.29, 0.717) is 35.7 Å². The van der Waals surface area contributed by atoms with Crippen LogP contribution in [0.4, 0.5) is 30.8 Å². The molecule has 0 unspecified atom stereocenters. The van der Waals surface area contributed by atoms with E-state index in [1.165, 1.54) is 0 Å². The van der Waals surface area contributed by atoms with E-state index in [9.17, 15) is 22.8 Å². The minimum Gasteiger partial charge on any atom is -0.454 e. The third-order valence-electron chi connectivity index (χ3n) is 6.03. The van der Waals surface area contributed by atoms with Crippen molar-refractivity contribution >= 4 is 41.0 Å². The molecule has 4 N–H and O–H groups in total. The van der Waals surface area contributed by atoms with Gasteiger partial charge in [0.05, 0.1) is 5.54 Å². The van der Waals surface area contributed by atoms with Gasteiger partial charge in [-0.1, -0.05) is 23.7 Å². The van der Waals surface area contributed by atoms with Gasteiger partial charge in [0.25, 0.3) is 5.91 Å². The third kappa shape index (κ3) is 8.18. The lowest BCUT2D eigenvalue weighted by Crippen LogP contribution is -2.26. The molecule has 14 heteroatoms. The zero-order valence-electron chi connectivity index (χ0n) is 21.4. The molecule has 0 atom stereocenters. The standard InChI is InChI=1S/C26H27ClF3N7O3/c1-31-20(38)3-2-14-32-21(39)16-4-10-19(11-5-16)33-22-34-23(36-24(35-22)40-15-26(28,29)30)37-25(12-13-25)17-6-8-18(27)9-7-17/h4-11H,2-3,12-15H2,1H3,(H,31,38)(H,32,39)(H2,33,34,35,36,37). The van der Waals surface area contributed by atoms with Crippen LogP contribution in [-0.4, -0.2) is 53.1 Å². The molecule has 1 saturated carbocycles. The second-order valence-corrected chi connectivity index (χ2v) is 9.55. The van der Waals surface area contributed by atoms with Crippen LogP contribution in [0.1, 0.15) is 41.6 Å². The first kappa shape index (κ1) is 28.9. The largest absolute Gasteiger partial charge is 0.454 e. The molecule has 0 aliphatic heterocycles. The molecule has 0 bridgehead atoms. The molecule has 0 spiro atoms. The van der Waals surface area contributed by atoms with Crippen molar-refractivity contribution in [3.05, 3.63) is 64.7 Å². The molecule has 2 aromatic carbocycles. The smallest absolute Gasteiger partial charge is 0.422 e. The first-order valence-electron chi connectivity index (χ1n) is 12.4. The molecule has 2 amide bonds. The Balaban J connectivity index is 1.46. The molecular formula is C26H27ClF3N7O3. The Bertz CT molecular complexity index is 1330. The summed E-state index contributed by atoms with van der Waals surface area (Å²) in [5, 5.41) is 12.0. The number of aromatic nitrogens is 3. The van der Waals surface area contributed by atoms with Crippen molar-refractivity contribution in [2.24, 2.45) is 0 Å². The highest BCUT2D eigenvalue weighted by molar-refractivity contribution is 6.30. The van der Waals surface area contributed by atoms with Gasteiger partial charge in [-0.3, -0.25) is 9.59 Å². The van der Waals surface area contributed by atoms with Crippen LogP contribution in [0.2, 0.25) is 5.02 Å². The maximum atomic E-state index is 12.8. The quantitative estimate of drug-likeness (QED) is 0.230. The summed E-state index contributed by atoms with van der Waals surface area (Å²) in [4.78, 5) is 36.0. The highest BCUT2D eigenvalue weighted by Gasteiger charge is 2.45. The Hall–Kier alpha value is -4.13. The summed E-state index contributed by atoms with van der Waals surface area (Å²) >= 11 is 6.00. The number of hydrogen-bond donors (Lipinski definition) is 4. The summed E-state index contributed by atoms with van der Waals surface area (Å²) in [5.74, 6) is -0.427. The van der Waals surface area contributed by atoms with Crippen LogP contribution < -0.4 is 26.0 Å². The van der Waals surface area contributed by atoms with Crippen LogP contribution in [0.25, 0.3) is 0 Å². The third-order valence-corrected chi connectivity index (χ3v) is 6.28. The lowest BCUT2D eigenvalue weighted by molar-refractivity contribution is -0.154. The summed E-state index contributed by atoms with van der Waals surface area (Å²) in [6.45, 7) is -1.23. The lowest BCUT2D eigenvalue weighted by atomic mass is 10.1. The normalized spacial score (nSPS) is 13.7. The van der Waals surface area contributed by atoms with Crippen LogP contribution in [0, 0.1) is 0 Å². The second kappa shape index (κ2) is 12.4. The number of alkyl halides is 3. The van der Waals surface area contributed by atoms with Gasteiger partial charge in [0.2, 0.25) is 17.8 Å². The molecule has 0 saturated heterocycles. The van der Waals surface area contributed by atoms with Gasteiger partial charge in [0, 0.05) is 36.3 Å². The van der Waals surface area contributed by atoms with E-state index in [0.717, 1.165) is 18.4 Å². The maximum Gasteiger partial charge on any atom is 0.422 e. The molecule has 10 nitrogen and oxygen atoms in total. The van der Waals surface area contributed by atoms with Crippen molar-refractivity contribution in [2.75, 3.05) is 30.8 Å². The highest BCUT2D eigenvalue weighted by Crippen LogP contribution is 2.48. The van der Waals surface area contributed by atoms with Gasteiger partial charge in [-0.15, -0.1) is 0 Å². The van der Waals surface area contributed by atoms with Crippen molar-refractivity contribution in [1.29, 1.82) is 0 Å². The van der Waals surface area contributed by atoms with Crippen LogP contribution in [0.3, 0.4) is 0 Å². The van der Waals surface area contributed by atoms with Crippen LogP contribution in [0.15, 0.2) is 48.5 Å². The van der Waals surface area contributed by atoms with E-state index >= 15 is 0 Å². The van der Waals surface area contributed by atoms with E-state index in [2.05, 4.69) is 36.2 Å². The Morgan fingerprint density at radius 3 is 2.30 bits per heavy atom. The van der Waals surface area contributed by atoms with Gasteiger partial charge < -0.3 is 26.0 Å². The van der Waals surface area contributed by atoms with Gasteiger partial charge in [-0.25, -0.2) is 0 Å². The minimum absolute atomic E-state index is 0.0369. The first-order chi connectivity index (χ1) is 19.0. The molecule has 3 aromatic rings. The topological polar surface area (TPSA) is 130 Å². The molecule has 0 radical (unpaired) electrons. The van der Waals surface area contributed by atoms with Crippen molar-refractivity contribution < 1.29 is 27.5 Å². The summed E-state index contributed by atoms with van der Waals surface area (Å²) in [5.41, 5.74) is 1.32. The van der Waals surface area contributed by atoms with Gasteiger partial charge in [0.15, 0.2) is 6.61 Å². The molecule has 1 aliphatic carbocycles. The number of amides is 2. The van der Waals surface area contributed by atoms with Crippen LogP contribution in [-0.2, 0) is 10.3 Å². The van der Waals surface area contributed by atoms with Gasteiger partial charge in [-0.05, 0) is 61.2 Å². The average Bonchev–Trinajstić information content (AvgIpc) is 3.70. The summed E-state index contributed by atoms with van der Waals surface area (Å²) in [6, 6.07) is 13.1. The van der Waals surface area contributed by atoms with Gasteiger partial charge in [-0.2, -0.15) is 28.1 Å². The molecule has 1 heterocycles. The number of rotatable bonds is 12. The number of benzene rings is 2. The van der Waals surface area contributed by atoms with Crippen molar-refractivity contribution in [2.45, 2.75) is 37.4 Å². The predicted octanol–water partition coefficient (Wildman–Crippen LogP) is 4.57. The zero-order valence-corrected chi connectivity index (χ0v) is 22.2. The highest BCUT2D eigenvalue weighted by atomic mass is 35.5. The molecule has 1 aromatic heterocycles. The van der Waals surface area contributed by atoms with E-state index < -0.39 is 24.3 Å². The fourth-order valence-corrected chi connectivity index (χ4v) is 3.91. The Morgan fingerprint density at radius 1 is 1.00 bits per heavy atom. The molecule has 1 aliphatic rings. The average molecular weight is 578 g/mol. The van der Waals surface area contributed by atoms with Gasteiger partial charge >= 0.3 is 12.2 Å². The van der Waals surface area contributed by atoms with E-state index in [4.69, 9.17) is 16.3 Å². The lowest BCUT2D eigenvalue weighted by Gasteiger charge is -2.19. The maximum absolute atomic E-state index is 12.8. The summed E-state index contributed by atoms with van der Waals surface area (Å²) in [7, 11) is 1.55. The number of ether oxygens (including phenoxy) is 1. The van der Waals surface area contributed by atoms with Crippen molar-refractivity contribution in [3.8, 4) is 6.01 Å². The number of hydrogen-bond acceptors (Lipinski definition) is 8. The zero-order chi connectivity index (χ0) is 28.8. The summed E-state index contributed by atoms with van der Waals surface area (Å²) < 4.78 is 43.2. The number of nitrogens with one attached hydrogen (secondary N) is 4. The number of carbonyl (C=O) groups excluding carboxylic acids is 2. The Morgan fingerprint density at radius 2 is 1.68 bits per heavy atom. The van der Waals surface area contributed by atoms with Crippen LogP contribution >= 0.6 is 11.6 Å². The Labute approximate surface area is 233 Å². The van der Waals surface area contributed by atoms with E-state index in [-0.39, 0.29) is 23.7 Å². The summed E-state index contributed by atoms with van der Waals surface area (Å²) in [6.07, 6.45) is -2.25. The predicted molar refractivity (Wildman–Crippen MR) is 143 cm³/mol. The SMILES string of the molecule is CNC(=O)CCCNC(=O)c1ccc(Nc2nc(NC3(c4ccc(Cl)cc4)CC3)nc(OCC(F)(F)F)n2)cc1. The number of nitrogens with zero attached hydrogens (tertiary/aromatic N) is 3. The fourth-order valence-electron chi connectivity index (χ4n) is 3.78. The molecule has 4 rings (SSSR count). The Kier molecular flexibility index (Phi) is 8.93. The first-order valence-corrected chi connectivity index (χ1v) is 12.8. The number of halogens is 4. The van der Waals surface area contributed by atoms with Crippen molar-refractivity contribution in [3.63, 3.8) is 0 Å². The molecule has 212 valence electrons. The number of anilines is 3. The molecular weight excluding hydrogens is 551 g/mol.